The van der Waals surface area contributed by atoms with Crippen LogP contribution in [0.1, 0.15) is 19.8 Å². The minimum absolute atomic E-state index is 0.209. The molecule has 0 fully saturated rings. The zero-order chi connectivity index (χ0) is 21.5. The summed E-state index contributed by atoms with van der Waals surface area (Å²) >= 11 is 2.68. The lowest BCUT2D eigenvalue weighted by Crippen LogP contribution is -2.23. The Bertz CT molecular complexity index is 1110. The van der Waals surface area contributed by atoms with Crippen molar-refractivity contribution in [1.29, 1.82) is 0 Å². The molecule has 0 saturated carbocycles. The second kappa shape index (κ2) is 10.5. The first-order valence-electron chi connectivity index (χ1n) is 9.37. The fourth-order valence-corrected chi connectivity index (χ4v) is 4.68. The molecule has 2 aromatic carbocycles. The highest BCUT2D eigenvalue weighted by Gasteiger charge is 2.15. The summed E-state index contributed by atoms with van der Waals surface area (Å²) in [5, 5.41) is 0. The van der Waals surface area contributed by atoms with E-state index < -0.39 is 11.8 Å². The van der Waals surface area contributed by atoms with Gasteiger partial charge in [-0.05, 0) is 55.5 Å². The van der Waals surface area contributed by atoms with E-state index in [4.69, 9.17) is 4.74 Å². The van der Waals surface area contributed by atoms with Crippen molar-refractivity contribution in [2.75, 3.05) is 12.4 Å². The lowest BCUT2D eigenvalue weighted by molar-refractivity contribution is -0.143. The topological polar surface area (TPSA) is 60.7 Å². The average molecular weight is 451 g/mol. The number of para-hydroxylation sites is 1. The van der Waals surface area contributed by atoms with E-state index >= 15 is 0 Å². The molecule has 0 bridgehead atoms. The SMILES string of the molecule is CCOC(=O)Cn1c(=NC(=O)CCCSc2ccc(F)cc2)sc2cccc(F)c21. The number of hydrogen-bond acceptors (Lipinski definition) is 5. The maximum absolute atomic E-state index is 14.3. The van der Waals surface area contributed by atoms with E-state index in [9.17, 15) is 18.4 Å². The van der Waals surface area contributed by atoms with Gasteiger partial charge in [0.2, 0.25) is 5.91 Å². The molecule has 0 spiro atoms. The van der Waals surface area contributed by atoms with Gasteiger partial charge in [0.15, 0.2) is 4.80 Å². The Morgan fingerprint density at radius 1 is 1.17 bits per heavy atom. The Kier molecular flexibility index (Phi) is 7.75. The van der Waals surface area contributed by atoms with E-state index in [0.29, 0.717) is 16.9 Å². The average Bonchev–Trinajstić information content (AvgIpc) is 3.05. The predicted octanol–water partition coefficient (Wildman–Crippen LogP) is 4.54. The summed E-state index contributed by atoms with van der Waals surface area (Å²) in [4.78, 5) is 29.6. The number of fused-ring (bicyclic) bond motifs is 1. The number of benzene rings is 2. The van der Waals surface area contributed by atoms with Crippen LogP contribution >= 0.6 is 23.1 Å². The minimum Gasteiger partial charge on any atom is -0.465 e. The first kappa shape index (κ1) is 22.2. The minimum atomic E-state index is -0.523. The van der Waals surface area contributed by atoms with Crippen LogP contribution in [0.25, 0.3) is 10.2 Å². The van der Waals surface area contributed by atoms with Crippen LogP contribution in [0, 0.1) is 11.6 Å². The number of thioether (sulfide) groups is 1. The lowest BCUT2D eigenvalue weighted by atomic mass is 10.3. The fourth-order valence-electron chi connectivity index (χ4n) is 2.76. The van der Waals surface area contributed by atoms with Crippen LogP contribution in [0.5, 0.6) is 0 Å². The smallest absolute Gasteiger partial charge is 0.326 e. The van der Waals surface area contributed by atoms with Crippen molar-refractivity contribution in [1.82, 2.24) is 4.57 Å². The van der Waals surface area contributed by atoms with Crippen LogP contribution in [0.2, 0.25) is 0 Å². The summed E-state index contributed by atoms with van der Waals surface area (Å²) in [6.45, 7) is 1.68. The molecule has 5 nitrogen and oxygen atoms in total. The molecule has 0 N–H and O–H groups in total. The van der Waals surface area contributed by atoms with E-state index in [0.717, 1.165) is 16.2 Å². The molecule has 0 aliphatic rings. The zero-order valence-corrected chi connectivity index (χ0v) is 17.9. The molecule has 0 aliphatic carbocycles. The number of amides is 1. The molecule has 0 aliphatic heterocycles. The lowest BCUT2D eigenvalue weighted by Gasteiger charge is -2.05. The summed E-state index contributed by atoms with van der Waals surface area (Å²) in [7, 11) is 0. The van der Waals surface area contributed by atoms with Gasteiger partial charge >= 0.3 is 5.97 Å². The summed E-state index contributed by atoms with van der Waals surface area (Å²) in [6.07, 6.45) is 0.797. The van der Waals surface area contributed by atoms with E-state index in [2.05, 4.69) is 4.99 Å². The number of esters is 1. The Morgan fingerprint density at radius 2 is 1.93 bits per heavy atom. The predicted molar refractivity (Wildman–Crippen MR) is 113 cm³/mol. The quantitative estimate of drug-likeness (QED) is 0.287. The van der Waals surface area contributed by atoms with E-state index in [1.807, 2.05) is 0 Å². The van der Waals surface area contributed by atoms with Crippen molar-refractivity contribution in [2.24, 2.45) is 4.99 Å². The molecule has 0 saturated heterocycles. The molecule has 158 valence electrons. The second-order valence-electron chi connectivity index (χ2n) is 6.27. The van der Waals surface area contributed by atoms with Gasteiger partial charge in [0.25, 0.3) is 0 Å². The third-order valence-electron chi connectivity index (χ3n) is 4.08. The zero-order valence-electron chi connectivity index (χ0n) is 16.3. The van der Waals surface area contributed by atoms with Crippen LogP contribution in [0.15, 0.2) is 52.4 Å². The number of aromatic nitrogens is 1. The number of halogens is 2. The van der Waals surface area contributed by atoms with Gasteiger partial charge < -0.3 is 9.30 Å². The Morgan fingerprint density at radius 3 is 2.67 bits per heavy atom. The van der Waals surface area contributed by atoms with Gasteiger partial charge in [0, 0.05) is 11.3 Å². The highest BCUT2D eigenvalue weighted by Crippen LogP contribution is 2.21. The maximum Gasteiger partial charge on any atom is 0.326 e. The molecule has 9 heteroatoms. The van der Waals surface area contributed by atoms with Gasteiger partial charge in [-0.25, -0.2) is 8.78 Å². The number of thiazole rings is 1. The number of ether oxygens (including phenoxy) is 1. The van der Waals surface area contributed by atoms with E-state index in [-0.39, 0.29) is 41.6 Å². The van der Waals surface area contributed by atoms with Crippen molar-refractivity contribution in [2.45, 2.75) is 31.2 Å². The van der Waals surface area contributed by atoms with Gasteiger partial charge in [-0.3, -0.25) is 9.59 Å². The number of nitrogens with zero attached hydrogens (tertiary/aromatic N) is 2. The molecule has 1 amide bonds. The van der Waals surface area contributed by atoms with Crippen LogP contribution in [0.4, 0.5) is 8.78 Å². The van der Waals surface area contributed by atoms with Gasteiger partial charge in [0.05, 0.1) is 16.8 Å². The molecule has 3 rings (SSSR count). The van der Waals surface area contributed by atoms with Gasteiger partial charge in [-0.2, -0.15) is 4.99 Å². The van der Waals surface area contributed by atoms with Crippen molar-refractivity contribution >= 4 is 45.2 Å². The van der Waals surface area contributed by atoms with Crippen LogP contribution in [-0.2, 0) is 20.9 Å². The normalized spacial score (nSPS) is 11.8. The standard InChI is InChI=1S/C21H20F2N2O3S2/c1-2-28-19(27)13-25-20-16(23)5-3-6-17(20)30-21(25)24-18(26)7-4-12-29-15-10-8-14(22)9-11-15/h3,5-6,8-11H,2,4,7,12-13H2,1H3. The van der Waals surface area contributed by atoms with Crippen LogP contribution in [0.3, 0.4) is 0 Å². The van der Waals surface area contributed by atoms with Crippen molar-refractivity contribution < 1.29 is 23.1 Å². The number of hydrogen-bond donors (Lipinski definition) is 0. The van der Waals surface area contributed by atoms with Crippen LogP contribution < -0.4 is 4.80 Å². The highest BCUT2D eigenvalue weighted by atomic mass is 32.2. The molecule has 1 heterocycles. The number of carbonyl (C=O) groups excluding carboxylic acids is 2. The molecular weight excluding hydrogens is 430 g/mol. The van der Waals surface area contributed by atoms with E-state index in [1.165, 1.54) is 34.5 Å². The first-order valence-corrected chi connectivity index (χ1v) is 11.2. The summed E-state index contributed by atoms with van der Waals surface area (Å²) in [5.41, 5.74) is 0.231. The van der Waals surface area contributed by atoms with E-state index in [1.54, 1.807) is 31.2 Å². The van der Waals surface area contributed by atoms with Crippen LogP contribution in [-0.4, -0.2) is 28.8 Å². The molecule has 0 radical (unpaired) electrons. The number of rotatable bonds is 8. The fraction of sp³-hybridized carbons (Fsp3) is 0.286. The Hall–Kier alpha value is -2.52. The summed E-state index contributed by atoms with van der Waals surface area (Å²) in [5.74, 6) is -0.970. The first-order chi connectivity index (χ1) is 14.5. The summed E-state index contributed by atoms with van der Waals surface area (Å²) < 4.78 is 34.2. The van der Waals surface area contributed by atoms with Crippen molar-refractivity contribution in [3.05, 3.63) is 58.9 Å². The Labute approximate surface area is 180 Å². The molecule has 30 heavy (non-hydrogen) atoms. The molecule has 1 aromatic heterocycles. The number of carbonyl (C=O) groups is 2. The van der Waals surface area contributed by atoms with Gasteiger partial charge in [-0.1, -0.05) is 17.4 Å². The molecule has 0 unspecified atom stereocenters. The van der Waals surface area contributed by atoms with Crippen molar-refractivity contribution in [3.63, 3.8) is 0 Å². The van der Waals surface area contributed by atoms with Crippen molar-refractivity contribution in [3.8, 4) is 0 Å². The molecular formula is C21H20F2N2O3S2. The largest absolute Gasteiger partial charge is 0.465 e. The second-order valence-corrected chi connectivity index (χ2v) is 8.45. The van der Waals surface area contributed by atoms with Gasteiger partial charge in [0.1, 0.15) is 18.2 Å². The third-order valence-corrected chi connectivity index (χ3v) is 6.22. The van der Waals surface area contributed by atoms with Gasteiger partial charge in [-0.15, -0.1) is 11.8 Å². The maximum atomic E-state index is 14.3. The molecule has 3 aromatic rings. The summed E-state index contributed by atoms with van der Waals surface area (Å²) in [6, 6.07) is 10.8. The highest BCUT2D eigenvalue weighted by molar-refractivity contribution is 7.99. The Balaban J connectivity index is 1.72. The third kappa shape index (κ3) is 5.76. The monoisotopic (exact) mass is 450 g/mol. The molecule has 0 atom stereocenters.